The molecule has 3 rings (SSSR count). The maximum atomic E-state index is 4.73. The minimum Gasteiger partial charge on any atom is -0.343 e. The normalized spacial score (nSPS) is 23.8. The second-order valence-electron chi connectivity index (χ2n) is 6.03. The minimum absolute atomic E-state index is 0.711. The molecule has 4 heteroatoms. The lowest BCUT2D eigenvalue weighted by atomic mass is 9.71. The van der Waals surface area contributed by atoms with Crippen molar-refractivity contribution in [2.45, 2.75) is 63.8 Å². The van der Waals surface area contributed by atoms with Gasteiger partial charge >= 0.3 is 0 Å². The summed E-state index contributed by atoms with van der Waals surface area (Å²) >= 11 is 0. The summed E-state index contributed by atoms with van der Waals surface area (Å²) in [6.45, 7) is 0.969. The van der Waals surface area contributed by atoms with E-state index in [1.54, 1.807) is 0 Å². The van der Waals surface area contributed by atoms with Gasteiger partial charge in [0.2, 0.25) is 6.39 Å². The Morgan fingerprint density at radius 1 is 1.22 bits per heavy atom. The molecule has 0 radical (unpaired) electrons. The molecular weight excluding hydrogens is 226 g/mol. The van der Waals surface area contributed by atoms with Crippen LogP contribution in [0.1, 0.15) is 57.2 Å². The van der Waals surface area contributed by atoms with Gasteiger partial charge in [-0.25, -0.2) is 0 Å². The Hall–Kier alpha value is -0.900. The molecule has 0 saturated heterocycles. The van der Waals surface area contributed by atoms with Gasteiger partial charge in [-0.15, -0.1) is 0 Å². The summed E-state index contributed by atoms with van der Waals surface area (Å²) in [4.78, 5) is 4.04. The Morgan fingerprint density at radius 2 is 2.00 bits per heavy atom. The largest absolute Gasteiger partial charge is 0.343 e. The fraction of sp³-hybridized carbons (Fsp3) is 0.857. The molecule has 18 heavy (non-hydrogen) atoms. The monoisotopic (exact) mass is 249 g/mol. The number of nitrogens with one attached hydrogen (secondary N) is 1. The van der Waals surface area contributed by atoms with Crippen LogP contribution in [0.5, 0.6) is 0 Å². The van der Waals surface area contributed by atoms with Gasteiger partial charge in [0, 0.05) is 19.0 Å². The van der Waals surface area contributed by atoms with Gasteiger partial charge in [-0.2, -0.15) is 4.98 Å². The van der Waals surface area contributed by atoms with Crippen LogP contribution in [-0.2, 0) is 6.42 Å². The Balaban J connectivity index is 1.38. The fourth-order valence-electron chi connectivity index (χ4n) is 3.75. The van der Waals surface area contributed by atoms with Gasteiger partial charge in [0.25, 0.3) is 0 Å². The molecule has 100 valence electrons. The second kappa shape index (κ2) is 5.39. The summed E-state index contributed by atoms with van der Waals surface area (Å²) in [6.07, 6.45) is 13.8. The zero-order chi connectivity index (χ0) is 12.3. The van der Waals surface area contributed by atoms with Gasteiger partial charge in [0.1, 0.15) is 0 Å². The van der Waals surface area contributed by atoms with Gasteiger partial charge < -0.3 is 9.84 Å². The van der Waals surface area contributed by atoms with Crippen LogP contribution >= 0.6 is 0 Å². The van der Waals surface area contributed by atoms with Crippen molar-refractivity contribution in [3.05, 3.63) is 12.2 Å². The van der Waals surface area contributed by atoms with E-state index >= 15 is 0 Å². The Labute approximate surface area is 109 Å². The maximum absolute atomic E-state index is 4.73. The van der Waals surface area contributed by atoms with Crippen LogP contribution in [0.3, 0.4) is 0 Å². The van der Waals surface area contributed by atoms with Crippen molar-refractivity contribution in [2.24, 2.45) is 5.41 Å². The van der Waals surface area contributed by atoms with Crippen LogP contribution in [0.15, 0.2) is 10.9 Å². The third-order valence-corrected chi connectivity index (χ3v) is 4.90. The number of hydrogen-bond donors (Lipinski definition) is 1. The van der Waals surface area contributed by atoms with Crippen LogP contribution in [0.4, 0.5) is 0 Å². The lowest BCUT2D eigenvalue weighted by Gasteiger charge is -2.37. The SMILES string of the molecule is c1nc(CCNC2CCC3(CCCC3)CC2)no1. The third kappa shape index (κ3) is 2.74. The molecule has 1 spiro atoms. The first-order valence-electron chi connectivity index (χ1n) is 7.35. The Bertz CT molecular complexity index is 347. The van der Waals surface area contributed by atoms with E-state index in [0.29, 0.717) is 6.04 Å². The molecule has 2 aliphatic carbocycles. The number of aromatic nitrogens is 2. The van der Waals surface area contributed by atoms with E-state index in [9.17, 15) is 0 Å². The molecule has 0 aliphatic heterocycles. The minimum atomic E-state index is 0.711. The fourth-order valence-corrected chi connectivity index (χ4v) is 3.75. The predicted molar refractivity (Wildman–Crippen MR) is 69.2 cm³/mol. The topological polar surface area (TPSA) is 51.0 Å². The average Bonchev–Trinajstić information content (AvgIpc) is 3.04. The highest BCUT2D eigenvalue weighted by Gasteiger charge is 2.37. The van der Waals surface area contributed by atoms with Crippen molar-refractivity contribution >= 4 is 0 Å². The molecule has 0 aromatic carbocycles. The molecule has 2 fully saturated rings. The average molecular weight is 249 g/mol. The van der Waals surface area contributed by atoms with E-state index in [1.165, 1.54) is 57.8 Å². The molecule has 0 bridgehead atoms. The van der Waals surface area contributed by atoms with Gasteiger partial charge in [0.15, 0.2) is 5.82 Å². The van der Waals surface area contributed by atoms with Crippen LogP contribution in [-0.4, -0.2) is 22.7 Å². The Morgan fingerprint density at radius 3 is 2.67 bits per heavy atom. The zero-order valence-electron chi connectivity index (χ0n) is 11.0. The van der Waals surface area contributed by atoms with Crippen molar-refractivity contribution in [1.82, 2.24) is 15.5 Å². The van der Waals surface area contributed by atoms with Crippen molar-refractivity contribution in [3.63, 3.8) is 0 Å². The summed E-state index contributed by atoms with van der Waals surface area (Å²) in [6, 6.07) is 0.711. The van der Waals surface area contributed by atoms with Gasteiger partial charge in [0.05, 0.1) is 0 Å². The molecule has 1 N–H and O–H groups in total. The molecule has 0 amide bonds. The second-order valence-corrected chi connectivity index (χ2v) is 6.03. The molecule has 2 saturated carbocycles. The van der Waals surface area contributed by atoms with Gasteiger partial charge in [-0.05, 0) is 43.9 Å². The first-order chi connectivity index (χ1) is 8.86. The molecule has 1 heterocycles. The first-order valence-corrected chi connectivity index (χ1v) is 7.35. The van der Waals surface area contributed by atoms with Crippen LogP contribution < -0.4 is 5.32 Å². The molecule has 2 aliphatic rings. The summed E-state index contributed by atoms with van der Waals surface area (Å²) in [5.74, 6) is 0.811. The molecule has 1 aromatic heterocycles. The van der Waals surface area contributed by atoms with Crippen molar-refractivity contribution in [2.75, 3.05) is 6.54 Å². The van der Waals surface area contributed by atoms with E-state index in [0.717, 1.165) is 24.2 Å². The number of nitrogens with zero attached hydrogens (tertiary/aromatic N) is 2. The number of rotatable bonds is 4. The molecule has 0 atom stereocenters. The lowest BCUT2D eigenvalue weighted by Crippen LogP contribution is -2.37. The van der Waals surface area contributed by atoms with Crippen LogP contribution in [0.2, 0.25) is 0 Å². The van der Waals surface area contributed by atoms with E-state index in [-0.39, 0.29) is 0 Å². The highest BCUT2D eigenvalue weighted by Crippen LogP contribution is 2.48. The Kier molecular flexibility index (Phi) is 3.64. The molecule has 4 nitrogen and oxygen atoms in total. The van der Waals surface area contributed by atoms with Crippen molar-refractivity contribution in [1.29, 1.82) is 0 Å². The van der Waals surface area contributed by atoms with E-state index in [2.05, 4.69) is 15.5 Å². The van der Waals surface area contributed by atoms with Crippen molar-refractivity contribution in [3.8, 4) is 0 Å². The highest BCUT2D eigenvalue weighted by atomic mass is 16.5. The summed E-state index contributed by atoms with van der Waals surface area (Å²) < 4.78 is 4.73. The van der Waals surface area contributed by atoms with E-state index in [1.807, 2.05) is 0 Å². The van der Waals surface area contributed by atoms with E-state index < -0.39 is 0 Å². The summed E-state index contributed by atoms with van der Waals surface area (Å²) in [7, 11) is 0. The third-order valence-electron chi connectivity index (χ3n) is 4.90. The molecule has 0 unspecified atom stereocenters. The lowest BCUT2D eigenvalue weighted by molar-refractivity contribution is 0.169. The quantitative estimate of drug-likeness (QED) is 0.891. The van der Waals surface area contributed by atoms with Crippen molar-refractivity contribution < 1.29 is 4.52 Å². The summed E-state index contributed by atoms with van der Waals surface area (Å²) in [5, 5.41) is 7.48. The molecule has 1 aromatic rings. The first kappa shape index (κ1) is 12.2. The maximum Gasteiger partial charge on any atom is 0.213 e. The summed E-state index contributed by atoms with van der Waals surface area (Å²) in [5.41, 5.74) is 0.742. The smallest absolute Gasteiger partial charge is 0.213 e. The van der Waals surface area contributed by atoms with Crippen LogP contribution in [0, 0.1) is 5.41 Å². The van der Waals surface area contributed by atoms with Gasteiger partial charge in [-0.3, -0.25) is 0 Å². The van der Waals surface area contributed by atoms with E-state index in [4.69, 9.17) is 4.52 Å². The molecular formula is C14H23N3O. The van der Waals surface area contributed by atoms with Gasteiger partial charge in [-0.1, -0.05) is 18.0 Å². The van der Waals surface area contributed by atoms with Crippen LogP contribution in [0.25, 0.3) is 0 Å². The highest BCUT2D eigenvalue weighted by molar-refractivity contribution is 4.91. The number of hydrogen-bond acceptors (Lipinski definition) is 4. The zero-order valence-corrected chi connectivity index (χ0v) is 11.0. The predicted octanol–water partition coefficient (Wildman–Crippen LogP) is 2.70. The standard InChI is InChI=1S/C14H23N3O/c1-2-7-14(6-1)8-3-12(4-9-14)15-10-5-13-16-11-18-17-13/h11-12,15H,1-10H2.